The molecule has 1 heterocycles. The van der Waals surface area contributed by atoms with Crippen molar-refractivity contribution in [2.24, 2.45) is 0 Å². The maximum Gasteiger partial charge on any atom is 0.259 e. The van der Waals surface area contributed by atoms with Gasteiger partial charge in [0, 0.05) is 42.8 Å². The van der Waals surface area contributed by atoms with Crippen molar-refractivity contribution in [3.63, 3.8) is 0 Å². The average molecular weight is 518 g/mol. The number of carbonyl (C=O) groups excluding carboxylic acids is 3. The SMILES string of the molecule is CC(=O)N1CCC(C(=O)NCc2ccccc2)(N(C(=O)c2ccc(C)cc2)c2ccc(C)c(Cl)c2)CC1. The van der Waals surface area contributed by atoms with Gasteiger partial charge in [0.15, 0.2) is 0 Å². The highest BCUT2D eigenvalue weighted by atomic mass is 35.5. The van der Waals surface area contributed by atoms with Crippen LogP contribution in [0, 0.1) is 13.8 Å². The molecule has 7 heteroatoms. The van der Waals surface area contributed by atoms with Gasteiger partial charge in [-0.05, 0) is 62.1 Å². The Labute approximate surface area is 223 Å². The summed E-state index contributed by atoms with van der Waals surface area (Å²) in [6, 6.07) is 22.4. The summed E-state index contributed by atoms with van der Waals surface area (Å²) in [5, 5.41) is 3.59. The van der Waals surface area contributed by atoms with Crippen molar-refractivity contribution in [3.8, 4) is 0 Å². The molecule has 0 radical (unpaired) electrons. The third kappa shape index (κ3) is 5.70. The van der Waals surface area contributed by atoms with Gasteiger partial charge in [0.2, 0.25) is 11.8 Å². The molecule has 3 amide bonds. The van der Waals surface area contributed by atoms with Crippen LogP contribution in [0.25, 0.3) is 0 Å². The molecular formula is C30H32ClN3O3. The number of carbonyl (C=O) groups is 3. The molecule has 192 valence electrons. The molecule has 1 N–H and O–H groups in total. The number of piperidine rings is 1. The molecule has 0 saturated carbocycles. The second-order valence-electron chi connectivity index (χ2n) is 9.65. The van der Waals surface area contributed by atoms with Crippen LogP contribution in [0.1, 0.15) is 46.8 Å². The lowest BCUT2D eigenvalue weighted by Gasteiger charge is -2.47. The van der Waals surface area contributed by atoms with Gasteiger partial charge in [-0.15, -0.1) is 0 Å². The normalized spacial score (nSPS) is 14.6. The zero-order valence-electron chi connectivity index (χ0n) is 21.5. The fourth-order valence-electron chi connectivity index (χ4n) is 4.79. The van der Waals surface area contributed by atoms with Gasteiger partial charge in [0.05, 0.1) is 0 Å². The van der Waals surface area contributed by atoms with Gasteiger partial charge in [-0.25, -0.2) is 0 Å². The Morgan fingerprint density at radius 1 is 0.946 bits per heavy atom. The van der Waals surface area contributed by atoms with E-state index in [1.165, 1.54) is 6.92 Å². The minimum Gasteiger partial charge on any atom is -0.350 e. The Morgan fingerprint density at radius 2 is 1.59 bits per heavy atom. The Hall–Kier alpha value is -3.64. The first-order chi connectivity index (χ1) is 17.7. The standard InChI is InChI=1S/C30H32ClN3O3/c1-21-9-12-25(13-10-21)28(36)34(26-14-11-22(2)27(31)19-26)30(15-17-33(18-16-30)23(3)35)29(37)32-20-24-7-5-4-6-8-24/h4-14,19H,15-18,20H2,1-3H3,(H,32,37). The van der Waals surface area contributed by atoms with Crippen molar-refractivity contribution < 1.29 is 14.4 Å². The lowest BCUT2D eigenvalue weighted by Crippen LogP contribution is -2.65. The molecule has 1 aliphatic heterocycles. The number of nitrogens with one attached hydrogen (secondary N) is 1. The van der Waals surface area contributed by atoms with Crippen molar-refractivity contribution in [1.82, 2.24) is 10.2 Å². The summed E-state index contributed by atoms with van der Waals surface area (Å²) in [5.41, 5.74) is 2.69. The lowest BCUT2D eigenvalue weighted by atomic mass is 9.83. The molecule has 0 spiro atoms. The maximum absolute atomic E-state index is 14.2. The number of hydrogen-bond acceptors (Lipinski definition) is 3. The van der Waals surface area contributed by atoms with Gasteiger partial charge in [-0.2, -0.15) is 0 Å². The second-order valence-corrected chi connectivity index (χ2v) is 10.1. The van der Waals surface area contributed by atoms with Crippen molar-refractivity contribution in [3.05, 3.63) is 100 Å². The van der Waals surface area contributed by atoms with Gasteiger partial charge in [0.25, 0.3) is 5.91 Å². The van der Waals surface area contributed by atoms with Crippen molar-refractivity contribution in [2.75, 3.05) is 18.0 Å². The number of rotatable bonds is 6. The summed E-state index contributed by atoms with van der Waals surface area (Å²) in [6.07, 6.45) is 0.604. The van der Waals surface area contributed by atoms with Crippen LogP contribution >= 0.6 is 11.6 Å². The minimum absolute atomic E-state index is 0.0481. The molecule has 0 bridgehead atoms. The first-order valence-corrected chi connectivity index (χ1v) is 12.8. The van der Waals surface area contributed by atoms with Crippen LogP contribution < -0.4 is 10.2 Å². The predicted octanol–water partition coefficient (Wildman–Crippen LogP) is 5.30. The van der Waals surface area contributed by atoms with E-state index in [9.17, 15) is 14.4 Å². The quantitative estimate of drug-likeness (QED) is 0.482. The molecule has 1 saturated heterocycles. The van der Waals surface area contributed by atoms with E-state index >= 15 is 0 Å². The topological polar surface area (TPSA) is 69.7 Å². The minimum atomic E-state index is -1.21. The number of likely N-dealkylation sites (tertiary alicyclic amines) is 1. The largest absolute Gasteiger partial charge is 0.350 e. The molecular weight excluding hydrogens is 486 g/mol. The van der Waals surface area contributed by atoms with E-state index in [4.69, 9.17) is 11.6 Å². The highest BCUT2D eigenvalue weighted by molar-refractivity contribution is 6.31. The van der Waals surface area contributed by atoms with E-state index in [-0.39, 0.29) is 17.7 Å². The van der Waals surface area contributed by atoms with Crippen LogP contribution in [-0.4, -0.2) is 41.2 Å². The van der Waals surface area contributed by atoms with E-state index < -0.39 is 5.54 Å². The molecule has 0 unspecified atom stereocenters. The summed E-state index contributed by atoms with van der Waals surface area (Å²) in [4.78, 5) is 43.7. The summed E-state index contributed by atoms with van der Waals surface area (Å²) >= 11 is 6.51. The van der Waals surface area contributed by atoms with Crippen LogP contribution in [0.5, 0.6) is 0 Å². The number of nitrogens with zero attached hydrogens (tertiary/aromatic N) is 2. The van der Waals surface area contributed by atoms with Gasteiger partial charge >= 0.3 is 0 Å². The molecule has 3 aromatic rings. The van der Waals surface area contributed by atoms with Gasteiger partial charge < -0.3 is 10.2 Å². The van der Waals surface area contributed by atoms with Crippen molar-refractivity contribution >= 4 is 35.0 Å². The molecule has 6 nitrogen and oxygen atoms in total. The third-order valence-electron chi connectivity index (χ3n) is 7.10. The van der Waals surface area contributed by atoms with E-state index in [1.54, 1.807) is 28.0 Å². The summed E-state index contributed by atoms with van der Waals surface area (Å²) in [5.74, 6) is -0.587. The number of halogens is 1. The molecule has 3 aromatic carbocycles. The Balaban J connectivity index is 1.80. The maximum atomic E-state index is 14.2. The molecule has 0 aromatic heterocycles. The van der Waals surface area contributed by atoms with Crippen molar-refractivity contribution in [1.29, 1.82) is 0 Å². The Bertz CT molecular complexity index is 1280. The monoisotopic (exact) mass is 517 g/mol. The zero-order valence-corrected chi connectivity index (χ0v) is 22.2. The molecule has 4 rings (SSSR count). The Morgan fingerprint density at radius 3 is 2.19 bits per heavy atom. The highest BCUT2D eigenvalue weighted by Gasteiger charge is 2.49. The highest BCUT2D eigenvalue weighted by Crippen LogP contribution is 2.37. The van der Waals surface area contributed by atoms with Gasteiger partial charge in [-0.3, -0.25) is 19.3 Å². The molecule has 0 atom stereocenters. The number of amides is 3. The van der Waals surface area contributed by atoms with E-state index in [1.807, 2.05) is 68.4 Å². The van der Waals surface area contributed by atoms with E-state index in [0.717, 1.165) is 16.7 Å². The number of benzene rings is 3. The second kappa shape index (κ2) is 11.2. The van der Waals surface area contributed by atoms with Crippen LogP contribution in [0.2, 0.25) is 5.02 Å². The first-order valence-electron chi connectivity index (χ1n) is 12.5. The molecule has 1 aliphatic rings. The van der Waals surface area contributed by atoms with Crippen LogP contribution in [0.15, 0.2) is 72.8 Å². The summed E-state index contributed by atoms with van der Waals surface area (Å²) in [7, 11) is 0. The average Bonchev–Trinajstić information content (AvgIpc) is 2.90. The van der Waals surface area contributed by atoms with Crippen LogP contribution in [0.3, 0.4) is 0 Å². The van der Waals surface area contributed by atoms with Gasteiger partial charge in [0.1, 0.15) is 5.54 Å². The zero-order chi connectivity index (χ0) is 26.6. The van der Waals surface area contributed by atoms with E-state index in [0.29, 0.717) is 48.7 Å². The van der Waals surface area contributed by atoms with Gasteiger partial charge in [-0.1, -0.05) is 65.7 Å². The smallest absolute Gasteiger partial charge is 0.259 e. The fourth-order valence-corrected chi connectivity index (χ4v) is 4.97. The third-order valence-corrected chi connectivity index (χ3v) is 7.50. The molecule has 1 fully saturated rings. The van der Waals surface area contributed by atoms with E-state index in [2.05, 4.69) is 5.32 Å². The number of aryl methyl sites for hydroxylation is 2. The number of anilines is 1. The lowest BCUT2D eigenvalue weighted by molar-refractivity contribution is -0.135. The summed E-state index contributed by atoms with van der Waals surface area (Å²) in [6.45, 7) is 6.45. The number of hydrogen-bond donors (Lipinski definition) is 1. The van der Waals surface area contributed by atoms with Crippen molar-refractivity contribution in [2.45, 2.75) is 45.7 Å². The van der Waals surface area contributed by atoms with Crippen LogP contribution in [-0.2, 0) is 16.1 Å². The molecule has 37 heavy (non-hydrogen) atoms. The van der Waals surface area contributed by atoms with Crippen LogP contribution in [0.4, 0.5) is 5.69 Å². The first kappa shape index (κ1) is 26.4. The molecule has 0 aliphatic carbocycles. The Kier molecular flexibility index (Phi) is 7.98. The fraction of sp³-hybridized carbons (Fsp3) is 0.300. The summed E-state index contributed by atoms with van der Waals surface area (Å²) < 4.78 is 0. The predicted molar refractivity (Wildman–Crippen MR) is 147 cm³/mol.